The van der Waals surface area contributed by atoms with Gasteiger partial charge in [0.1, 0.15) is 5.82 Å². The third-order valence-corrected chi connectivity index (χ3v) is 6.97. The summed E-state index contributed by atoms with van der Waals surface area (Å²) in [5, 5.41) is 9.26. The lowest BCUT2D eigenvalue weighted by Crippen LogP contribution is -2.38. The van der Waals surface area contributed by atoms with Crippen LogP contribution in [0, 0.1) is 18.7 Å². The maximum absolute atomic E-state index is 13.2. The third-order valence-electron chi connectivity index (χ3n) is 5.76. The van der Waals surface area contributed by atoms with Gasteiger partial charge in [-0.2, -0.15) is 0 Å². The van der Waals surface area contributed by atoms with Gasteiger partial charge in [0.25, 0.3) is 0 Å². The molecule has 2 aromatic heterocycles. The average Bonchev–Trinajstić information content (AvgIpc) is 3.36. The number of amides is 1. The SMILES string of the molecule is Cc1cc(Cl)ccc1NC(=O)C1CCN(c2nn3cc(-c4ccc(F)cc4)nc3s2)CC1. The number of fused-ring (bicyclic) bond motifs is 1. The van der Waals surface area contributed by atoms with E-state index < -0.39 is 0 Å². The Hall–Kier alpha value is -2.97. The van der Waals surface area contributed by atoms with Crippen molar-refractivity contribution in [2.24, 2.45) is 5.92 Å². The molecule has 9 heteroatoms. The molecule has 1 amide bonds. The summed E-state index contributed by atoms with van der Waals surface area (Å²) >= 11 is 7.52. The van der Waals surface area contributed by atoms with Gasteiger partial charge in [0.2, 0.25) is 16.0 Å². The van der Waals surface area contributed by atoms with Crippen LogP contribution in [0.15, 0.2) is 48.7 Å². The third kappa shape index (κ3) is 4.20. The minimum Gasteiger partial charge on any atom is -0.347 e. The van der Waals surface area contributed by atoms with Gasteiger partial charge in [-0.3, -0.25) is 4.79 Å². The highest BCUT2D eigenvalue weighted by molar-refractivity contribution is 7.20. The topological polar surface area (TPSA) is 62.5 Å². The van der Waals surface area contributed by atoms with Crippen molar-refractivity contribution in [1.29, 1.82) is 0 Å². The first-order valence-electron chi connectivity index (χ1n) is 10.4. The number of aromatic nitrogens is 3. The number of imidazole rings is 1. The molecule has 1 N–H and O–H groups in total. The molecule has 2 aromatic carbocycles. The monoisotopic (exact) mass is 469 g/mol. The van der Waals surface area contributed by atoms with E-state index >= 15 is 0 Å². The predicted octanol–water partition coefficient (Wildman–Crippen LogP) is 5.41. The van der Waals surface area contributed by atoms with Gasteiger partial charge in [-0.15, -0.1) is 5.10 Å². The van der Waals surface area contributed by atoms with Crippen molar-refractivity contribution in [3.8, 4) is 11.3 Å². The van der Waals surface area contributed by atoms with Crippen molar-refractivity contribution in [3.05, 3.63) is 65.1 Å². The first-order chi connectivity index (χ1) is 15.5. The van der Waals surface area contributed by atoms with Crippen molar-refractivity contribution in [1.82, 2.24) is 14.6 Å². The zero-order valence-electron chi connectivity index (χ0n) is 17.4. The number of halogens is 2. The van der Waals surface area contributed by atoms with E-state index in [-0.39, 0.29) is 17.6 Å². The van der Waals surface area contributed by atoms with E-state index in [1.807, 2.05) is 25.3 Å². The second-order valence-corrected chi connectivity index (χ2v) is 9.33. The van der Waals surface area contributed by atoms with E-state index in [9.17, 15) is 9.18 Å². The highest BCUT2D eigenvalue weighted by Gasteiger charge is 2.27. The summed E-state index contributed by atoms with van der Waals surface area (Å²) < 4.78 is 14.9. The number of rotatable bonds is 4. The van der Waals surface area contributed by atoms with Crippen LogP contribution in [0.2, 0.25) is 5.02 Å². The lowest BCUT2D eigenvalue weighted by molar-refractivity contribution is -0.120. The second kappa shape index (κ2) is 8.52. The number of nitrogens with zero attached hydrogens (tertiary/aromatic N) is 4. The van der Waals surface area contributed by atoms with Crippen molar-refractivity contribution in [2.45, 2.75) is 19.8 Å². The first-order valence-corrected chi connectivity index (χ1v) is 11.6. The Labute approximate surface area is 193 Å². The van der Waals surface area contributed by atoms with Gasteiger partial charge in [0, 0.05) is 35.3 Å². The largest absolute Gasteiger partial charge is 0.347 e. The Balaban J connectivity index is 1.22. The van der Waals surface area contributed by atoms with E-state index in [1.54, 1.807) is 22.7 Å². The molecular formula is C23H21ClFN5OS. The van der Waals surface area contributed by atoms with Crippen molar-refractivity contribution < 1.29 is 9.18 Å². The number of aryl methyl sites for hydroxylation is 1. The van der Waals surface area contributed by atoms with Gasteiger partial charge < -0.3 is 10.2 Å². The molecule has 0 saturated carbocycles. The fourth-order valence-electron chi connectivity index (χ4n) is 3.91. The zero-order chi connectivity index (χ0) is 22.2. The van der Waals surface area contributed by atoms with E-state index in [2.05, 4.69) is 20.3 Å². The standard InChI is InChI=1S/C23H21ClFN5OS/c1-14-12-17(24)4-7-19(14)26-21(31)16-8-10-29(11-9-16)23-28-30-13-20(27-22(30)32-23)15-2-5-18(25)6-3-15/h2-7,12-13,16H,8-11H2,1H3,(H,26,31). The highest BCUT2D eigenvalue weighted by atomic mass is 35.5. The number of anilines is 2. The summed E-state index contributed by atoms with van der Waals surface area (Å²) in [7, 11) is 0. The Morgan fingerprint density at radius 3 is 2.62 bits per heavy atom. The van der Waals surface area contributed by atoms with Crippen molar-refractivity contribution >= 4 is 44.6 Å². The zero-order valence-corrected chi connectivity index (χ0v) is 19.0. The van der Waals surface area contributed by atoms with Gasteiger partial charge in [-0.25, -0.2) is 13.9 Å². The Morgan fingerprint density at radius 2 is 1.94 bits per heavy atom. The number of piperidine rings is 1. The number of carbonyl (C=O) groups is 1. The highest BCUT2D eigenvalue weighted by Crippen LogP contribution is 2.30. The second-order valence-electron chi connectivity index (χ2n) is 7.95. The molecule has 164 valence electrons. The van der Waals surface area contributed by atoms with Crippen LogP contribution in [0.5, 0.6) is 0 Å². The summed E-state index contributed by atoms with van der Waals surface area (Å²) in [5.41, 5.74) is 3.38. The number of nitrogens with one attached hydrogen (secondary N) is 1. The van der Waals surface area contributed by atoms with E-state index in [1.165, 1.54) is 23.5 Å². The van der Waals surface area contributed by atoms with Crippen LogP contribution in [0.4, 0.5) is 15.2 Å². The molecule has 1 saturated heterocycles. The summed E-state index contributed by atoms with van der Waals surface area (Å²) in [4.78, 5) is 20.3. The van der Waals surface area contributed by atoms with Gasteiger partial charge in [-0.05, 0) is 67.8 Å². The molecule has 0 bridgehead atoms. The number of hydrogen-bond donors (Lipinski definition) is 1. The minimum absolute atomic E-state index is 0.0320. The molecule has 5 rings (SSSR count). The normalized spacial score (nSPS) is 14.8. The van der Waals surface area contributed by atoms with Crippen LogP contribution in [-0.2, 0) is 4.79 Å². The molecule has 1 aliphatic rings. The number of benzene rings is 2. The summed E-state index contributed by atoms with van der Waals surface area (Å²) in [5.74, 6) is -0.251. The molecule has 1 fully saturated rings. The molecule has 0 atom stereocenters. The van der Waals surface area contributed by atoms with Crippen LogP contribution in [0.25, 0.3) is 16.2 Å². The van der Waals surface area contributed by atoms with Crippen LogP contribution in [0.3, 0.4) is 0 Å². The molecular weight excluding hydrogens is 449 g/mol. The molecule has 0 spiro atoms. The minimum atomic E-state index is -0.268. The fourth-order valence-corrected chi connectivity index (χ4v) is 5.07. The van der Waals surface area contributed by atoms with Gasteiger partial charge in [-0.1, -0.05) is 22.9 Å². The molecule has 3 heterocycles. The molecule has 0 aliphatic carbocycles. The van der Waals surface area contributed by atoms with Crippen molar-refractivity contribution in [2.75, 3.05) is 23.3 Å². The Bertz CT molecular complexity index is 1250. The van der Waals surface area contributed by atoms with Crippen LogP contribution >= 0.6 is 22.9 Å². The predicted molar refractivity (Wildman–Crippen MR) is 126 cm³/mol. The quantitative estimate of drug-likeness (QED) is 0.434. The van der Waals surface area contributed by atoms with Crippen LogP contribution < -0.4 is 10.2 Å². The molecule has 0 unspecified atom stereocenters. The lowest BCUT2D eigenvalue weighted by atomic mass is 9.96. The fraction of sp³-hybridized carbons (Fsp3) is 0.261. The van der Waals surface area contributed by atoms with Crippen LogP contribution in [-0.4, -0.2) is 33.6 Å². The van der Waals surface area contributed by atoms with E-state index in [0.717, 1.165) is 58.5 Å². The maximum Gasteiger partial charge on any atom is 0.227 e. The summed E-state index contributed by atoms with van der Waals surface area (Å²) in [6, 6.07) is 11.8. The molecule has 32 heavy (non-hydrogen) atoms. The van der Waals surface area contributed by atoms with Gasteiger partial charge in [0.15, 0.2) is 0 Å². The Morgan fingerprint density at radius 1 is 1.19 bits per heavy atom. The summed E-state index contributed by atoms with van der Waals surface area (Å²) in [6.07, 6.45) is 3.39. The molecule has 4 aromatic rings. The Kier molecular flexibility index (Phi) is 5.57. The summed E-state index contributed by atoms with van der Waals surface area (Å²) in [6.45, 7) is 3.46. The number of carbonyl (C=O) groups excluding carboxylic acids is 1. The lowest BCUT2D eigenvalue weighted by Gasteiger charge is -2.30. The molecule has 1 aliphatic heterocycles. The van der Waals surface area contributed by atoms with E-state index in [4.69, 9.17) is 11.6 Å². The van der Waals surface area contributed by atoms with E-state index in [0.29, 0.717) is 5.02 Å². The molecule has 6 nitrogen and oxygen atoms in total. The van der Waals surface area contributed by atoms with Gasteiger partial charge >= 0.3 is 0 Å². The van der Waals surface area contributed by atoms with Gasteiger partial charge in [0.05, 0.1) is 11.9 Å². The van der Waals surface area contributed by atoms with Crippen LogP contribution in [0.1, 0.15) is 18.4 Å². The number of hydrogen-bond acceptors (Lipinski definition) is 5. The maximum atomic E-state index is 13.2. The van der Waals surface area contributed by atoms with Crippen molar-refractivity contribution in [3.63, 3.8) is 0 Å². The molecule has 0 radical (unpaired) electrons. The average molecular weight is 470 g/mol. The first kappa shape index (κ1) is 20.9. The smallest absolute Gasteiger partial charge is 0.227 e.